The summed E-state index contributed by atoms with van der Waals surface area (Å²) >= 11 is 0. The Bertz CT molecular complexity index is 810. The van der Waals surface area contributed by atoms with Crippen molar-refractivity contribution in [2.24, 2.45) is 11.0 Å². The number of nitrogens with zero attached hydrogens (tertiary/aromatic N) is 2. The van der Waals surface area contributed by atoms with Crippen molar-refractivity contribution in [1.29, 1.82) is 0 Å². The third kappa shape index (κ3) is 4.17. The fourth-order valence-corrected chi connectivity index (χ4v) is 2.96. The molecule has 134 valence electrons. The standard InChI is InChI=1S/C21H23N3O2/c1-3-16-6-8-17(9-7-16)13-22-23-21(26)18-12-20(25)24(14-18)19-10-4-15(2)5-11-19/h4-11,13,18H,3,12,14H2,1-2H3,(H,23,26)/t18-/m0/s1. The van der Waals surface area contributed by atoms with E-state index in [-0.39, 0.29) is 24.2 Å². The highest BCUT2D eigenvalue weighted by molar-refractivity contribution is 6.00. The zero-order valence-corrected chi connectivity index (χ0v) is 15.1. The van der Waals surface area contributed by atoms with Crippen molar-refractivity contribution in [1.82, 2.24) is 5.43 Å². The van der Waals surface area contributed by atoms with E-state index in [0.29, 0.717) is 6.54 Å². The molecule has 2 aromatic rings. The number of hydrazone groups is 1. The van der Waals surface area contributed by atoms with E-state index in [1.165, 1.54) is 5.56 Å². The van der Waals surface area contributed by atoms with E-state index in [1.54, 1.807) is 11.1 Å². The molecule has 2 aromatic carbocycles. The summed E-state index contributed by atoms with van der Waals surface area (Å²) in [4.78, 5) is 26.2. The fourth-order valence-electron chi connectivity index (χ4n) is 2.96. The van der Waals surface area contributed by atoms with Crippen molar-refractivity contribution in [2.75, 3.05) is 11.4 Å². The van der Waals surface area contributed by atoms with Crippen molar-refractivity contribution < 1.29 is 9.59 Å². The van der Waals surface area contributed by atoms with Gasteiger partial charge in [-0.15, -0.1) is 0 Å². The highest BCUT2D eigenvalue weighted by Crippen LogP contribution is 2.25. The largest absolute Gasteiger partial charge is 0.312 e. The second-order valence-corrected chi connectivity index (χ2v) is 6.57. The van der Waals surface area contributed by atoms with Gasteiger partial charge in [0.15, 0.2) is 0 Å². The number of hydrogen-bond donors (Lipinski definition) is 1. The first kappa shape index (κ1) is 17.9. The number of amides is 2. The number of benzene rings is 2. The molecule has 2 amide bonds. The lowest BCUT2D eigenvalue weighted by Crippen LogP contribution is -2.30. The van der Waals surface area contributed by atoms with Gasteiger partial charge < -0.3 is 4.90 Å². The maximum absolute atomic E-state index is 12.3. The van der Waals surface area contributed by atoms with E-state index < -0.39 is 0 Å². The first-order valence-electron chi connectivity index (χ1n) is 8.85. The Morgan fingerprint density at radius 1 is 1.19 bits per heavy atom. The minimum Gasteiger partial charge on any atom is -0.312 e. The molecule has 5 heteroatoms. The lowest BCUT2D eigenvalue weighted by molar-refractivity contribution is -0.126. The van der Waals surface area contributed by atoms with E-state index in [4.69, 9.17) is 0 Å². The van der Waals surface area contributed by atoms with Crippen LogP contribution in [-0.2, 0) is 16.0 Å². The van der Waals surface area contributed by atoms with Crippen LogP contribution in [0, 0.1) is 12.8 Å². The van der Waals surface area contributed by atoms with Crippen LogP contribution in [0.15, 0.2) is 53.6 Å². The molecule has 1 heterocycles. The monoisotopic (exact) mass is 349 g/mol. The molecule has 0 aliphatic carbocycles. The van der Waals surface area contributed by atoms with Crippen LogP contribution in [0.5, 0.6) is 0 Å². The quantitative estimate of drug-likeness (QED) is 0.666. The lowest BCUT2D eigenvalue weighted by Gasteiger charge is -2.16. The highest BCUT2D eigenvalue weighted by Gasteiger charge is 2.35. The van der Waals surface area contributed by atoms with Gasteiger partial charge in [-0.3, -0.25) is 9.59 Å². The molecule has 0 saturated carbocycles. The minimum atomic E-state index is -0.386. The Labute approximate surface area is 153 Å². The summed E-state index contributed by atoms with van der Waals surface area (Å²) < 4.78 is 0. The Hall–Kier alpha value is -2.95. The predicted molar refractivity (Wildman–Crippen MR) is 103 cm³/mol. The molecule has 0 radical (unpaired) electrons. The lowest BCUT2D eigenvalue weighted by atomic mass is 10.1. The van der Waals surface area contributed by atoms with Crippen LogP contribution in [0.3, 0.4) is 0 Å². The average molecular weight is 349 g/mol. The van der Waals surface area contributed by atoms with E-state index in [0.717, 1.165) is 23.2 Å². The van der Waals surface area contributed by atoms with E-state index in [2.05, 4.69) is 17.5 Å². The molecule has 0 aromatic heterocycles. The maximum atomic E-state index is 12.3. The first-order valence-corrected chi connectivity index (χ1v) is 8.85. The van der Waals surface area contributed by atoms with Crippen LogP contribution in [-0.4, -0.2) is 24.6 Å². The highest BCUT2D eigenvalue weighted by atomic mass is 16.2. The minimum absolute atomic E-state index is 0.0341. The first-order chi connectivity index (χ1) is 12.6. The maximum Gasteiger partial charge on any atom is 0.245 e. The van der Waals surface area contributed by atoms with Crippen LogP contribution in [0.2, 0.25) is 0 Å². The smallest absolute Gasteiger partial charge is 0.245 e. The Balaban J connectivity index is 1.57. The molecule has 0 bridgehead atoms. The van der Waals surface area contributed by atoms with Crippen LogP contribution in [0.25, 0.3) is 0 Å². The number of nitrogens with one attached hydrogen (secondary N) is 1. The van der Waals surface area contributed by atoms with Crippen molar-refractivity contribution in [3.63, 3.8) is 0 Å². The summed E-state index contributed by atoms with van der Waals surface area (Å²) in [6.07, 6.45) is 2.81. The summed E-state index contributed by atoms with van der Waals surface area (Å²) in [5.74, 6) is -0.647. The predicted octanol–water partition coefficient (Wildman–Crippen LogP) is 3.06. The number of rotatable bonds is 5. The molecule has 5 nitrogen and oxygen atoms in total. The van der Waals surface area contributed by atoms with Gasteiger partial charge in [-0.05, 0) is 36.6 Å². The van der Waals surface area contributed by atoms with Crippen LogP contribution < -0.4 is 10.3 Å². The summed E-state index contributed by atoms with van der Waals surface area (Å²) in [6.45, 7) is 4.49. The molecular weight excluding hydrogens is 326 g/mol. The van der Waals surface area contributed by atoms with Gasteiger partial charge in [-0.1, -0.05) is 48.9 Å². The number of aryl methyl sites for hydroxylation is 2. The molecule has 0 spiro atoms. The number of carbonyl (C=O) groups excluding carboxylic acids is 2. The van der Waals surface area contributed by atoms with Crippen molar-refractivity contribution >= 4 is 23.7 Å². The van der Waals surface area contributed by atoms with Gasteiger partial charge in [0.1, 0.15) is 0 Å². The Morgan fingerprint density at radius 2 is 1.88 bits per heavy atom. The normalized spacial score (nSPS) is 17.1. The molecule has 1 fully saturated rings. The van der Waals surface area contributed by atoms with Crippen LogP contribution in [0.1, 0.15) is 30.0 Å². The van der Waals surface area contributed by atoms with E-state index in [1.807, 2.05) is 55.5 Å². The molecule has 1 aliphatic heterocycles. The number of carbonyl (C=O) groups is 2. The molecule has 3 rings (SSSR count). The zero-order valence-electron chi connectivity index (χ0n) is 15.1. The molecule has 1 N–H and O–H groups in total. The molecule has 1 saturated heterocycles. The number of anilines is 1. The SMILES string of the molecule is CCc1ccc(C=NNC(=O)[C@H]2CC(=O)N(c3ccc(C)cc3)C2)cc1. The van der Waals surface area contributed by atoms with Gasteiger partial charge in [0.05, 0.1) is 12.1 Å². The van der Waals surface area contributed by atoms with Gasteiger partial charge in [0.2, 0.25) is 11.8 Å². The third-order valence-electron chi connectivity index (χ3n) is 4.62. The Morgan fingerprint density at radius 3 is 2.54 bits per heavy atom. The van der Waals surface area contributed by atoms with Gasteiger partial charge >= 0.3 is 0 Å². The van der Waals surface area contributed by atoms with Crippen molar-refractivity contribution in [2.45, 2.75) is 26.7 Å². The topological polar surface area (TPSA) is 61.8 Å². The van der Waals surface area contributed by atoms with E-state index in [9.17, 15) is 9.59 Å². The zero-order chi connectivity index (χ0) is 18.5. The van der Waals surface area contributed by atoms with Crippen molar-refractivity contribution in [3.8, 4) is 0 Å². The van der Waals surface area contributed by atoms with Gasteiger partial charge in [-0.2, -0.15) is 5.10 Å². The third-order valence-corrected chi connectivity index (χ3v) is 4.62. The summed E-state index contributed by atoms with van der Waals surface area (Å²) in [5.41, 5.74) is 6.70. The van der Waals surface area contributed by atoms with Crippen LogP contribution >= 0.6 is 0 Å². The second kappa shape index (κ2) is 7.95. The van der Waals surface area contributed by atoms with Gasteiger partial charge in [0.25, 0.3) is 0 Å². The Kier molecular flexibility index (Phi) is 5.46. The van der Waals surface area contributed by atoms with Gasteiger partial charge in [-0.25, -0.2) is 5.43 Å². The summed E-state index contributed by atoms with van der Waals surface area (Å²) in [6, 6.07) is 15.8. The molecule has 1 atom stereocenters. The van der Waals surface area contributed by atoms with Crippen LogP contribution in [0.4, 0.5) is 5.69 Å². The average Bonchev–Trinajstić information content (AvgIpc) is 3.05. The molecule has 1 aliphatic rings. The van der Waals surface area contributed by atoms with Crippen molar-refractivity contribution in [3.05, 3.63) is 65.2 Å². The molecule has 0 unspecified atom stereocenters. The molecular formula is C21H23N3O2. The second-order valence-electron chi connectivity index (χ2n) is 6.57. The van der Waals surface area contributed by atoms with E-state index >= 15 is 0 Å². The summed E-state index contributed by atoms with van der Waals surface area (Å²) in [5, 5.41) is 4.02. The molecule has 26 heavy (non-hydrogen) atoms. The summed E-state index contributed by atoms with van der Waals surface area (Å²) in [7, 11) is 0. The van der Waals surface area contributed by atoms with Gasteiger partial charge in [0, 0.05) is 18.7 Å². The number of hydrogen-bond acceptors (Lipinski definition) is 3. The fraction of sp³-hybridized carbons (Fsp3) is 0.286.